The second-order valence-electron chi connectivity index (χ2n) is 29.5. The third-order valence-corrected chi connectivity index (χ3v) is 21.1. The van der Waals surface area contributed by atoms with E-state index in [1.54, 1.807) is 41.1 Å². The molecule has 0 saturated heterocycles. The molecule has 0 fully saturated rings. The number of imidazole rings is 1. The topological polar surface area (TPSA) is 49.0 Å². The van der Waals surface area contributed by atoms with Crippen molar-refractivity contribution in [1.29, 1.82) is 0 Å². The second kappa shape index (κ2) is 24.9. The Bertz CT molecular complexity index is 7310. The van der Waals surface area contributed by atoms with E-state index in [-0.39, 0.29) is 71.1 Å². The summed E-state index contributed by atoms with van der Waals surface area (Å²) in [6.45, 7) is 9.60. The van der Waals surface area contributed by atoms with E-state index >= 15 is 0 Å². The average molecular weight is 1560 g/mol. The van der Waals surface area contributed by atoms with Gasteiger partial charge in [-0.05, 0) is 249 Å². The van der Waals surface area contributed by atoms with Crippen LogP contribution >= 0.6 is 0 Å². The fourth-order valence-corrected chi connectivity index (χ4v) is 15.7. The van der Waals surface area contributed by atoms with Crippen molar-refractivity contribution in [1.82, 2.24) is 14.1 Å². The number of pyridine rings is 1. The van der Waals surface area contributed by atoms with E-state index in [4.69, 9.17) is 22.4 Å². The summed E-state index contributed by atoms with van der Waals surface area (Å²) in [5.41, 5.74) is 7.88. The molecule has 4 aromatic heterocycles. The molecule has 512 valence electrons. The number of rotatable bonds is 9. The largest absolute Gasteiger partial charge is 0.510 e. The van der Waals surface area contributed by atoms with Crippen LogP contribution < -0.4 is 9.30 Å². The van der Waals surface area contributed by atoms with Crippen molar-refractivity contribution in [3.63, 3.8) is 0 Å². The van der Waals surface area contributed by atoms with E-state index in [0.29, 0.717) is 89.6 Å². The Morgan fingerprint density at radius 2 is 1.10 bits per heavy atom. The molecule has 0 saturated carbocycles. The van der Waals surface area contributed by atoms with Gasteiger partial charge in [-0.3, -0.25) is 4.57 Å². The first-order chi connectivity index (χ1) is 58.3. The van der Waals surface area contributed by atoms with Gasteiger partial charge in [0.05, 0.1) is 34.5 Å². The van der Waals surface area contributed by atoms with Crippen LogP contribution in [0.15, 0.2) is 277 Å². The molecule has 0 atom stereocenters. The maximum absolute atomic E-state index is 10.7. The number of fused-ring (bicyclic) bond motifs is 14. The number of nitrogens with zero attached hydrogens (tertiary/aromatic N) is 4. The van der Waals surface area contributed by atoms with Gasteiger partial charge in [0.1, 0.15) is 17.0 Å². The van der Waals surface area contributed by atoms with Crippen molar-refractivity contribution in [2.75, 3.05) is 0 Å². The van der Waals surface area contributed by atoms with Gasteiger partial charge >= 0.3 is 0 Å². The van der Waals surface area contributed by atoms with Crippen molar-refractivity contribution in [3.8, 4) is 118 Å². The Labute approximate surface area is 654 Å². The number of para-hydroxylation sites is 2. The molecule has 105 heavy (non-hydrogen) atoms. The van der Waals surface area contributed by atoms with Gasteiger partial charge in [-0.15, -0.1) is 29.7 Å². The fraction of sp³-hybridized carbons (Fsp3) is 0.143. The van der Waals surface area contributed by atoms with Gasteiger partial charge in [-0.1, -0.05) is 211 Å². The van der Waals surface area contributed by atoms with Crippen LogP contribution in [-0.4, -0.2) is 14.1 Å². The normalized spacial score (nSPS) is 16.4. The Morgan fingerprint density at radius 1 is 0.495 bits per heavy atom. The number of hydrogen-bond acceptors (Lipinski definition) is 3. The van der Waals surface area contributed by atoms with Gasteiger partial charge in [0, 0.05) is 63.3 Å². The Kier molecular flexibility index (Phi) is 11.3. The summed E-state index contributed by atoms with van der Waals surface area (Å²) >= 11 is 0. The van der Waals surface area contributed by atoms with Crippen molar-refractivity contribution in [3.05, 3.63) is 319 Å². The first kappa shape index (κ1) is 47.8. The quantitative estimate of drug-likeness (QED) is 0.107. The number of benzene rings is 13. The Morgan fingerprint density at radius 3 is 1.81 bits per heavy atom. The molecule has 13 aromatic carbocycles. The number of ether oxygens (including phenoxy) is 1. The van der Waals surface area contributed by atoms with Crippen LogP contribution in [0.2, 0.25) is 0 Å². The van der Waals surface area contributed by atoms with Crippen LogP contribution in [0.25, 0.3) is 161 Å². The van der Waals surface area contributed by atoms with E-state index < -0.39 is 125 Å². The molecule has 6 nitrogen and oxygen atoms in total. The maximum Gasteiger partial charge on any atom is 0.268 e. The Balaban J connectivity index is 0.0000105. The first-order valence-corrected chi connectivity index (χ1v) is 34.8. The van der Waals surface area contributed by atoms with Gasteiger partial charge in [0.25, 0.3) is 6.33 Å². The molecular formula is C98H76N4O2Pt-2. The smallest absolute Gasteiger partial charge is 0.268 e. The summed E-state index contributed by atoms with van der Waals surface area (Å²) in [5, 5.41) is 3.37. The third kappa shape index (κ3) is 11.0. The maximum atomic E-state index is 10.7. The predicted molar refractivity (Wildman–Crippen MR) is 428 cm³/mol. The molecule has 2 aliphatic rings. The molecule has 0 bridgehead atoms. The van der Waals surface area contributed by atoms with Crippen molar-refractivity contribution >= 4 is 54.8 Å². The zero-order valence-electron chi connectivity index (χ0n) is 77.3. The SMILES string of the molecule is [2H]c1c([2H])c([2H])c(-c2c([2H])c(-c3cc4c5c(c3)n(-c3[c-]c(Oc6[c-]c7c(cc6)c6ccccc6n7-c6cc(C(C)(C)C)ccn6)ccc3)[c-][n+]5-c3c(-c5ccc6oc7ccccc7c6c5)cc(-c5c(C([2H])([2H])[2H])cccc5C([2H])([2H])[2H])cc3-c3cc5c(cc3-c3ccccc3-4)C(C)(C)CCC5(C)C)c([2H])c(-c3c([2H])c([2H])c([2H])c([2H])c3[2H])c2[2H])c([2H])c1[2H].[Pt]. The molecule has 0 N–H and O–H groups in total. The molecule has 1 aliphatic heterocycles. The standard InChI is InChI=1S/C98H76N4O2.Pt/c1-60-24-22-25-61(2)93(60)69-51-79(64-38-41-91-82(49-64)78-35-19-21-37-90(78)104-91)94-84(52-69)81-58-86-85(97(6,7)43-44-98(86,8)9)57-80(81)74-32-16-17-33-75(74)83-50-68(67-47-65(62-26-12-10-13-27-62)46-66(48-67)63-28-14-11-15-29-63)53-89-95(83)101(94)59-100(89)71-30-23-31-72(55-71)103-73-39-40-77-76-34-18-20-36-87(76)102(88(77)56-73)92-54-70(42-45-99-92)96(3,4)5;/h10-42,45-54,57-58H,43-44H2,1-9H3;/q-2;/i1D3,2D3,10D,11D,12D,13D,14D,15D,26D,27D,28D,29D,46D,47D,48D;. The molecule has 0 spiro atoms. The number of furan rings is 1. The summed E-state index contributed by atoms with van der Waals surface area (Å²) in [6.07, 6.45) is 7.27. The first-order valence-electron chi connectivity index (χ1n) is 44.3. The Hall–Kier alpha value is -11.4. The summed E-state index contributed by atoms with van der Waals surface area (Å²) < 4.78 is 198. The van der Waals surface area contributed by atoms with Crippen LogP contribution in [0.5, 0.6) is 11.5 Å². The van der Waals surface area contributed by atoms with Crippen molar-refractivity contribution in [2.45, 2.75) is 91.3 Å². The zero-order valence-corrected chi connectivity index (χ0v) is 60.6. The minimum atomic E-state index is -2.86. The number of hydrogen-bond donors (Lipinski definition) is 0. The molecule has 0 unspecified atom stereocenters. The fourth-order valence-electron chi connectivity index (χ4n) is 15.7. The van der Waals surface area contributed by atoms with Crippen molar-refractivity contribution < 1.29 is 60.8 Å². The van der Waals surface area contributed by atoms with Crippen LogP contribution in [0.3, 0.4) is 0 Å². The predicted octanol–water partition coefficient (Wildman–Crippen LogP) is 25.4. The molecule has 0 amide bonds. The van der Waals surface area contributed by atoms with Crippen molar-refractivity contribution in [2.24, 2.45) is 0 Å². The number of aromatic nitrogens is 4. The molecule has 1 aliphatic carbocycles. The van der Waals surface area contributed by atoms with Gasteiger partial charge in [0.15, 0.2) is 0 Å². The third-order valence-electron chi connectivity index (χ3n) is 21.1. The van der Waals surface area contributed by atoms with Crippen LogP contribution in [0.1, 0.15) is 115 Å². The minimum Gasteiger partial charge on any atom is -0.510 e. The summed E-state index contributed by atoms with van der Waals surface area (Å²) in [4.78, 5) is 4.92. The summed E-state index contributed by atoms with van der Waals surface area (Å²) in [6, 6.07) is 55.4. The van der Waals surface area contributed by atoms with E-state index in [1.807, 2.05) is 120 Å². The number of aryl methyl sites for hydroxylation is 2. The van der Waals surface area contributed by atoms with Gasteiger partial charge in [0.2, 0.25) is 0 Å². The summed E-state index contributed by atoms with van der Waals surface area (Å²) in [7, 11) is 0. The van der Waals surface area contributed by atoms with Gasteiger partial charge in [-0.2, -0.15) is 18.2 Å². The molecule has 19 rings (SSSR count). The van der Waals surface area contributed by atoms with E-state index in [2.05, 4.69) is 95.8 Å². The van der Waals surface area contributed by atoms with E-state index in [0.717, 1.165) is 56.6 Å². The molecule has 5 heterocycles. The van der Waals surface area contributed by atoms with Gasteiger partial charge in [-0.25, -0.2) is 4.98 Å². The molecule has 17 aromatic rings. The monoisotopic (exact) mass is 1550 g/mol. The second-order valence-corrected chi connectivity index (χ2v) is 29.5. The summed E-state index contributed by atoms with van der Waals surface area (Å²) in [5.74, 6) is 1.19. The van der Waals surface area contributed by atoms with Gasteiger partial charge < -0.3 is 18.3 Å². The zero-order chi connectivity index (χ0) is 86.8. The molecule has 0 radical (unpaired) electrons. The molecular weight excluding hydrogens is 1460 g/mol. The molecule has 7 heteroatoms. The van der Waals surface area contributed by atoms with Crippen LogP contribution in [0.4, 0.5) is 0 Å². The van der Waals surface area contributed by atoms with E-state index in [1.165, 1.54) is 18.2 Å². The minimum absolute atomic E-state index is 0. The average Bonchev–Trinajstić information content (AvgIpc) is 1.74. The van der Waals surface area contributed by atoms with Crippen LogP contribution in [-0.2, 0) is 37.3 Å². The van der Waals surface area contributed by atoms with E-state index in [9.17, 15) is 17.8 Å². The van der Waals surface area contributed by atoms with Crippen LogP contribution in [0, 0.1) is 32.2 Å².